The summed E-state index contributed by atoms with van der Waals surface area (Å²) in [5, 5.41) is 3.43. The van der Waals surface area contributed by atoms with Crippen molar-refractivity contribution in [2.24, 2.45) is 5.92 Å². The van der Waals surface area contributed by atoms with E-state index in [0.717, 1.165) is 29.9 Å². The third kappa shape index (κ3) is 4.26. The molecule has 1 N–H and O–H groups in total. The Hall–Kier alpha value is -0.580. The second kappa shape index (κ2) is 7.12. The molecule has 0 spiro atoms. The lowest BCUT2D eigenvalue weighted by atomic mass is 10.0. The molecule has 0 radical (unpaired) electrons. The molecular formula is C14H20BrNO2. The highest BCUT2D eigenvalue weighted by Gasteiger charge is 2.23. The van der Waals surface area contributed by atoms with E-state index >= 15 is 0 Å². The quantitative estimate of drug-likeness (QED) is 0.819. The van der Waals surface area contributed by atoms with Crippen molar-refractivity contribution in [2.75, 3.05) is 26.3 Å². The molecule has 0 saturated carbocycles. The summed E-state index contributed by atoms with van der Waals surface area (Å²) >= 11 is 3.40. The average molecular weight is 314 g/mol. The topological polar surface area (TPSA) is 30.5 Å². The highest BCUT2D eigenvalue weighted by molar-refractivity contribution is 9.10. The van der Waals surface area contributed by atoms with Crippen LogP contribution in [0, 0.1) is 5.92 Å². The first-order chi connectivity index (χ1) is 8.75. The SMILES string of the molecule is CC1OCCC1CNCCOc1ccc(Br)cc1. The van der Waals surface area contributed by atoms with E-state index in [2.05, 4.69) is 28.2 Å². The van der Waals surface area contributed by atoms with E-state index in [1.165, 1.54) is 6.42 Å². The Morgan fingerprint density at radius 3 is 2.83 bits per heavy atom. The first kappa shape index (κ1) is 13.8. The fraction of sp³-hybridized carbons (Fsp3) is 0.571. The van der Waals surface area contributed by atoms with E-state index in [1.54, 1.807) is 0 Å². The van der Waals surface area contributed by atoms with Gasteiger partial charge < -0.3 is 14.8 Å². The molecule has 1 aliphatic heterocycles. The van der Waals surface area contributed by atoms with Crippen LogP contribution >= 0.6 is 15.9 Å². The first-order valence-electron chi connectivity index (χ1n) is 6.46. The maximum atomic E-state index is 5.64. The van der Waals surface area contributed by atoms with Crippen LogP contribution in [0.5, 0.6) is 5.75 Å². The van der Waals surface area contributed by atoms with E-state index in [1.807, 2.05) is 24.3 Å². The van der Waals surface area contributed by atoms with Crippen molar-refractivity contribution in [1.82, 2.24) is 5.32 Å². The lowest BCUT2D eigenvalue weighted by molar-refractivity contribution is 0.105. The summed E-state index contributed by atoms with van der Waals surface area (Å²) in [6, 6.07) is 7.91. The van der Waals surface area contributed by atoms with E-state index in [0.29, 0.717) is 18.6 Å². The second-order valence-corrected chi connectivity index (χ2v) is 5.55. The van der Waals surface area contributed by atoms with Crippen LogP contribution < -0.4 is 10.1 Å². The molecule has 1 aromatic carbocycles. The molecule has 18 heavy (non-hydrogen) atoms. The summed E-state index contributed by atoms with van der Waals surface area (Å²) in [6.45, 7) is 5.65. The van der Waals surface area contributed by atoms with Gasteiger partial charge >= 0.3 is 0 Å². The Balaban J connectivity index is 1.57. The van der Waals surface area contributed by atoms with Crippen molar-refractivity contribution in [3.05, 3.63) is 28.7 Å². The fourth-order valence-corrected chi connectivity index (χ4v) is 2.37. The maximum Gasteiger partial charge on any atom is 0.119 e. The molecule has 1 fully saturated rings. The summed E-state index contributed by atoms with van der Waals surface area (Å²) in [5.41, 5.74) is 0. The lowest BCUT2D eigenvalue weighted by Crippen LogP contribution is -2.30. The summed E-state index contributed by atoms with van der Waals surface area (Å²) in [4.78, 5) is 0. The van der Waals surface area contributed by atoms with Crippen LogP contribution in [0.2, 0.25) is 0 Å². The van der Waals surface area contributed by atoms with Gasteiger partial charge in [-0.05, 0) is 43.5 Å². The van der Waals surface area contributed by atoms with Crippen molar-refractivity contribution < 1.29 is 9.47 Å². The lowest BCUT2D eigenvalue weighted by Gasteiger charge is -2.14. The van der Waals surface area contributed by atoms with Crippen LogP contribution in [-0.2, 0) is 4.74 Å². The Morgan fingerprint density at radius 2 is 2.17 bits per heavy atom. The van der Waals surface area contributed by atoms with Crippen molar-refractivity contribution in [3.8, 4) is 5.75 Å². The van der Waals surface area contributed by atoms with Crippen LogP contribution in [0.4, 0.5) is 0 Å². The molecule has 1 aliphatic rings. The summed E-state index contributed by atoms with van der Waals surface area (Å²) in [7, 11) is 0. The maximum absolute atomic E-state index is 5.64. The molecule has 2 rings (SSSR count). The third-order valence-corrected chi connectivity index (χ3v) is 3.83. The molecule has 2 atom stereocenters. The van der Waals surface area contributed by atoms with Gasteiger partial charge in [-0.3, -0.25) is 0 Å². The summed E-state index contributed by atoms with van der Waals surface area (Å²) < 4.78 is 12.2. The number of hydrogen-bond donors (Lipinski definition) is 1. The van der Waals surface area contributed by atoms with Gasteiger partial charge in [0.05, 0.1) is 6.10 Å². The van der Waals surface area contributed by atoms with Gasteiger partial charge in [-0.2, -0.15) is 0 Å². The van der Waals surface area contributed by atoms with Crippen molar-refractivity contribution >= 4 is 15.9 Å². The van der Waals surface area contributed by atoms with E-state index in [9.17, 15) is 0 Å². The molecule has 0 aliphatic carbocycles. The zero-order valence-corrected chi connectivity index (χ0v) is 12.3. The molecule has 3 nitrogen and oxygen atoms in total. The molecule has 1 aromatic rings. The molecule has 0 amide bonds. The Labute approximate surface area is 117 Å². The van der Waals surface area contributed by atoms with Gasteiger partial charge in [0.1, 0.15) is 12.4 Å². The fourth-order valence-electron chi connectivity index (χ4n) is 2.10. The van der Waals surface area contributed by atoms with Crippen LogP contribution in [0.15, 0.2) is 28.7 Å². The molecule has 0 bridgehead atoms. The van der Waals surface area contributed by atoms with Crippen LogP contribution in [0.1, 0.15) is 13.3 Å². The van der Waals surface area contributed by atoms with Crippen molar-refractivity contribution in [1.29, 1.82) is 0 Å². The smallest absolute Gasteiger partial charge is 0.119 e. The minimum absolute atomic E-state index is 0.393. The molecule has 2 unspecified atom stereocenters. The summed E-state index contributed by atoms with van der Waals surface area (Å²) in [5.74, 6) is 1.57. The van der Waals surface area contributed by atoms with Crippen molar-refractivity contribution in [2.45, 2.75) is 19.4 Å². The third-order valence-electron chi connectivity index (χ3n) is 3.30. The predicted molar refractivity (Wildman–Crippen MR) is 76.0 cm³/mol. The second-order valence-electron chi connectivity index (χ2n) is 4.63. The van der Waals surface area contributed by atoms with E-state index in [-0.39, 0.29) is 0 Å². The number of benzene rings is 1. The Bertz CT molecular complexity index is 355. The van der Waals surface area contributed by atoms with E-state index < -0.39 is 0 Å². The van der Waals surface area contributed by atoms with Gasteiger partial charge in [0.15, 0.2) is 0 Å². The molecular weight excluding hydrogens is 294 g/mol. The van der Waals surface area contributed by atoms with Crippen LogP contribution in [0.25, 0.3) is 0 Å². The molecule has 100 valence electrons. The normalized spacial score (nSPS) is 23.2. The van der Waals surface area contributed by atoms with Gasteiger partial charge in [0, 0.05) is 24.2 Å². The molecule has 4 heteroatoms. The molecule has 1 saturated heterocycles. The highest BCUT2D eigenvalue weighted by atomic mass is 79.9. The highest BCUT2D eigenvalue weighted by Crippen LogP contribution is 2.19. The van der Waals surface area contributed by atoms with Crippen molar-refractivity contribution in [3.63, 3.8) is 0 Å². The Morgan fingerprint density at radius 1 is 1.39 bits per heavy atom. The van der Waals surface area contributed by atoms with Gasteiger partial charge in [0.2, 0.25) is 0 Å². The zero-order chi connectivity index (χ0) is 12.8. The van der Waals surface area contributed by atoms with Crippen LogP contribution in [-0.4, -0.2) is 32.4 Å². The number of nitrogens with one attached hydrogen (secondary N) is 1. The number of ether oxygens (including phenoxy) is 2. The van der Waals surface area contributed by atoms with Gasteiger partial charge in [-0.25, -0.2) is 0 Å². The average Bonchev–Trinajstić information content (AvgIpc) is 2.77. The minimum atomic E-state index is 0.393. The first-order valence-corrected chi connectivity index (χ1v) is 7.25. The molecule has 0 aromatic heterocycles. The number of halogens is 1. The van der Waals surface area contributed by atoms with E-state index in [4.69, 9.17) is 9.47 Å². The minimum Gasteiger partial charge on any atom is -0.492 e. The predicted octanol–water partition coefficient (Wildman–Crippen LogP) is 2.84. The monoisotopic (exact) mass is 313 g/mol. The largest absolute Gasteiger partial charge is 0.492 e. The molecule has 1 heterocycles. The Kier molecular flexibility index (Phi) is 5.47. The standard InChI is InChI=1S/C14H20BrNO2/c1-11-12(6-8-17-11)10-16-7-9-18-14-4-2-13(15)3-5-14/h2-5,11-12,16H,6-10H2,1H3. The number of hydrogen-bond acceptors (Lipinski definition) is 3. The van der Waals surface area contributed by atoms with Gasteiger partial charge in [0.25, 0.3) is 0 Å². The van der Waals surface area contributed by atoms with Gasteiger partial charge in [-0.15, -0.1) is 0 Å². The zero-order valence-electron chi connectivity index (χ0n) is 10.7. The summed E-state index contributed by atoms with van der Waals surface area (Å²) in [6.07, 6.45) is 1.56. The number of rotatable bonds is 6. The van der Waals surface area contributed by atoms with Crippen LogP contribution in [0.3, 0.4) is 0 Å². The van der Waals surface area contributed by atoms with Gasteiger partial charge in [-0.1, -0.05) is 15.9 Å².